The summed E-state index contributed by atoms with van der Waals surface area (Å²) in [7, 11) is 0. The first kappa shape index (κ1) is 16.8. The van der Waals surface area contributed by atoms with Crippen molar-refractivity contribution >= 4 is 17.3 Å². The highest BCUT2D eigenvalue weighted by atomic mass is 32.1. The Morgan fingerprint density at radius 3 is 2.73 bits per heavy atom. The number of benzene rings is 1. The number of thiocarbonyl (C=S) groups is 1. The Bertz CT molecular complexity index is 492. The van der Waals surface area contributed by atoms with Crippen LogP contribution < -0.4 is 20.1 Å². The van der Waals surface area contributed by atoms with E-state index in [9.17, 15) is 0 Å². The normalized spacial score (nSPS) is 12.5. The van der Waals surface area contributed by atoms with Gasteiger partial charge in [0.05, 0.1) is 0 Å². The van der Waals surface area contributed by atoms with Gasteiger partial charge in [0.25, 0.3) is 0 Å². The summed E-state index contributed by atoms with van der Waals surface area (Å²) in [5.74, 6) is 1.61. The summed E-state index contributed by atoms with van der Waals surface area (Å²) in [6, 6.07) is 5.93. The van der Waals surface area contributed by atoms with E-state index < -0.39 is 0 Å². The van der Waals surface area contributed by atoms with Crippen LogP contribution in [0.3, 0.4) is 0 Å². The van der Waals surface area contributed by atoms with Gasteiger partial charge in [0.1, 0.15) is 0 Å². The Morgan fingerprint density at radius 2 is 1.95 bits per heavy atom. The van der Waals surface area contributed by atoms with Gasteiger partial charge in [-0.15, -0.1) is 0 Å². The lowest BCUT2D eigenvalue weighted by Gasteiger charge is -2.18. The fourth-order valence-corrected chi connectivity index (χ4v) is 2.51. The maximum Gasteiger partial charge on any atom is 0.231 e. The van der Waals surface area contributed by atoms with Gasteiger partial charge < -0.3 is 25.0 Å². The minimum Gasteiger partial charge on any atom is -0.454 e. The van der Waals surface area contributed by atoms with Gasteiger partial charge >= 0.3 is 0 Å². The van der Waals surface area contributed by atoms with Crippen LogP contribution in [-0.4, -0.2) is 43.0 Å². The van der Waals surface area contributed by atoms with Gasteiger partial charge in [0.2, 0.25) is 6.79 Å². The van der Waals surface area contributed by atoms with E-state index in [4.69, 9.17) is 21.7 Å². The zero-order valence-corrected chi connectivity index (χ0v) is 14.2. The minimum atomic E-state index is 0.304. The second-order valence-corrected chi connectivity index (χ2v) is 5.59. The molecule has 0 bridgehead atoms. The van der Waals surface area contributed by atoms with Crippen molar-refractivity contribution in [2.75, 3.05) is 33.0 Å². The Labute approximate surface area is 138 Å². The number of hydrogen-bond donors (Lipinski definition) is 2. The molecular weight excluding hydrogens is 298 g/mol. The quantitative estimate of drug-likeness (QED) is 0.564. The fraction of sp³-hybridized carbons (Fsp3) is 0.562. The number of nitrogens with one attached hydrogen (secondary N) is 2. The van der Waals surface area contributed by atoms with E-state index in [1.165, 1.54) is 0 Å². The molecule has 0 radical (unpaired) electrons. The SMILES string of the molecule is CCN(CC)CCCNC(=S)NCc1ccc2c(c1)OCO2. The average Bonchev–Trinajstić information content (AvgIpc) is 3.00. The van der Waals surface area contributed by atoms with E-state index in [-0.39, 0.29) is 0 Å². The molecule has 0 aliphatic carbocycles. The molecule has 1 aromatic carbocycles. The van der Waals surface area contributed by atoms with Crippen molar-refractivity contribution in [2.24, 2.45) is 0 Å². The Balaban J connectivity index is 1.63. The highest BCUT2D eigenvalue weighted by Gasteiger charge is 2.12. The summed E-state index contributed by atoms with van der Waals surface area (Å²) in [4.78, 5) is 2.41. The van der Waals surface area contributed by atoms with Gasteiger partial charge in [-0.1, -0.05) is 19.9 Å². The van der Waals surface area contributed by atoms with Gasteiger partial charge in [0, 0.05) is 13.1 Å². The summed E-state index contributed by atoms with van der Waals surface area (Å²) >= 11 is 5.30. The maximum absolute atomic E-state index is 5.37. The first-order chi connectivity index (χ1) is 10.7. The fourth-order valence-electron chi connectivity index (χ4n) is 2.34. The number of nitrogens with zero attached hydrogens (tertiary/aromatic N) is 1. The summed E-state index contributed by atoms with van der Waals surface area (Å²) < 4.78 is 10.7. The molecule has 0 saturated heterocycles. The second-order valence-electron chi connectivity index (χ2n) is 5.18. The van der Waals surface area contributed by atoms with Gasteiger partial charge in [0.15, 0.2) is 16.6 Å². The smallest absolute Gasteiger partial charge is 0.231 e. The van der Waals surface area contributed by atoms with Crippen LogP contribution in [0.4, 0.5) is 0 Å². The van der Waals surface area contributed by atoms with Gasteiger partial charge in [-0.05, 0) is 56.0 Å². The number of hydrogen-bond acceptors (Lipinski definition) is 4. The van der Waals surface area contributed by atoms with E-state index in [1.807, 2.05) is 18.2 Å². The van der Waals surface area contributed by atoms with E-state index in [0.29, 0.717) is 18.5 Å². The van der Waals surface area contributed by atoms with Gasteiger partial charge in [-0.2, -0.15) is 0 Å². The molecule has 0 amide bonds. The van der Waals surface area contributed by atoms with E-state index in [0.717, 1.165) is 49.7 Å². The van der Waals surface area contributed by atoms with E-state index in [1.54, 1.807) is 0 Å². The minimum absolute atomic E-state index is 0.304. The summed E-state index contributed by atoms with van der Waals surface area (Å²) in [5, 5.41) is 7.15. The number of rotatable bonds is 8. The van der Waals surface area contributed by atoms with Crippen LogP contribution in [-0.2, 0) is 6.54 Å². The molecule has 2 N–H and O–H groups in total. The molecule has 0 aromatic heterocycles. The van der Waals surface area contributed by atoms with Gasteiger partial charge in [-0.25, -0.2) is 0 Å². The number of fused-ring (bicyclic) bond motifs is 1. The molecular formula is C16H25N3O2S. The summed E-state index contributed by atoms with van der Waals surface area (Å²) in [6.45, 7) is 9.56. The molecule has 2 rings (SSSR count). The molecule has 0 fully saturated rings. The molecule has 0 spiro atoms. The Morgan fingerprint density at radius 1 is 1.18 bits per heavy atom. The first-order valence-corrected chi connectivity index (χ1v) is 8.26. The van der Waals surface area contributed by atoms with Gasteiger partial charge in [-0.3, -0.25) is 0 Å². The largest absolute Gasteiger partial charge is 0.454 e. The van der Waals surface area contributed by atoms with Crippen LogP contribution in [0.25, 0.3) is 0 Å². The molecule has 6 heteroatoms. The van der Waals surface area contributed by atoms with Crippen molar-refractivity contribution in [1.29, 1.82) is 0 Å². The molecule has 1 aliphatic heterocycles. The van der Waals surface area contributed by atoms with Crippen molar-refractivity contribution in [2.45, 2.75) is 26.8 Å². The average molecular weight is 323 g/mol. The summed E-state index contributed by atoms with van der Waals surface area (Å²) in [5.41, 5.74) is 1.12. The van der Waals surface area contributed by atoms with Crippen molar-refractivity contribution in [3.05, 3.63) is 23.8 Å². The van der Waals surface area contributed by atoms with Crippen LogP contribution in [0.15, 0.2) is 18.2 Å². The Kier molecular flexibility index (Phi) is 6.74. The van der Waals surface area contributed by atoms with Crippen LogP contribution in [0.2, 0.25) is 0 Å². The topological polar surface area (TPSA) is 45.8 Å². The second kappa shape index (κ2) is 8.80. The standard InChI is InChI=1S/C16H25N3O2S/c1-3-19(4-2)9-5-8-17-16(22)18-11-13-6-7-14-15(10-13)21-12-20-14/h6-7,10H,3-5,8-9,11-12H2,1-2H3,(H2,17,18,22). The van der Waals surface area contributed by atoms with Crippen molar-refractivity contribution in [1.82, 2.24) is 15.5 Å². The van der Waals surface area contributed by atoms with Crippen molar-refractivity contribution < 1.29 is 9.47 Å². The lowest BCUT2D eigenvalue weighted by molar-refractivity contribution is 0.174. The summed E-state index contributed by atoms with van der Waals surface area (Å²) in [6.07, 6.45) is 1.09. The number of ether oxygens (including phenoxy) is 2. The Hall–Kier alpha value is -1.53. The highest BCUT2D eigenvalue weighted by Crippen LogP contribution is 2.32. The molecule has 1 aliphatic rings. The lowest BCUT2D eigenvalue weighted by atomic mass is 10.2. The van der Waals surface area contributed by atoms with Crippen LogP contribution in [0, 0.1) is 0 Å². The maximum atomic E-state index is 5.37. The third-order valence-electron chi connectivity index (χ3n) is 3.72. The molecule has 0 saturated carbocycles. The lowest BCUT2D eigenvalue weighted by Crippen LogP contribution is -2.36. The molecule has 1 heterocycles. The zero-order chi connectivity index (χ0) is 15.8. The van der Waals surface area contributed by atoms with E-state index >= 15 is 0 Å². The predicted octanol–water partition coefficient (Wildman–Crippen LogP) is 2.11. The van der Waals surface area contributed by atoms with E-state index in [2.05, 4.69) is 29.4 Å². The zero-order valence-electron chi connectivity index (χ0n) is 13.4. The molecule has 0 atom stereocenters. The van der Waals surface area contributed by atoms with Crippen molar-refractivity contribution in [3.63, 3.8) is 0 Å². The molecule has 122 valence electrons. The molecule has 0 unspecified atom stereocenters. The van der Waals surface area contributed by atoms with Crippen LogP contribution >= 0.6 is 12.2 Å². The molecule has 22 heavy (non-hydrogen) atoms. The molecule has 5 nitrogen and oxygen atoms in total. The van der Waals surface area contributed by atoms with Crippen LogP contribution in [0.1, 0.15) is 25.8 Å². The third kappa shape index (κ3) is 5.03. The van der Waals surface area contributed by atoms with Crippen LogP contribution in [0.5, 0.6) is 11.5 Å². The first-order valence-electron chi connectivity index (χ1n) is 7.85. The molecule has 1 aromatic rings. The monoisotopic (exact) mass is 323 g/mol. The highest BCUT2D eigenvalue weighted by molar-refractivity contribution is 7.80. The predicted molar refractivity (Wildman–Crippen MR) is 92.4 cm³/mol. The third-order valence-corrected chi connectivity index (χ3v) is 4.01. The van der Waals surface area contributed by atoms with Crippen molar-refractivity contribution in [3.8, 4) is 11.5 Å².